The van der Waals surface area contributed by atoms with Crippen molar-refractivity contribution >= 4 is 11.0 Å². The van der Waals surface area contributed by atoms with Crippen LogP contribution >= 0.6 is 0 Å². The minimum Gasteiger partial charge on any atom is -0.496 e. The lowest BCUT2D eigenvalue weighted by molar-refractivity contribution is 0.407. The molecule has 4 heteroatoms. The van der Waals surface area contributed by atoms with E-state index in [9.17, 15) is 4.79 Å². The number of methoxy groups -OCH3 is 1. The Bertz CT molecular complexity index is 1200. The summed E-state index contributed by atoms with van der Waals surface area (Å²) in [5.74, 6) is 1.34. The first-order valence-electron chi connectivity index (χ1n) is 10.2. The van der Waals surface area contributed by atoms with E-state index in [-0.39, 0.29) is 5.43 Å². The second-order valence-electron chi connectivity index (χ2n) is 7.17. The molecule has 1 N–H and O–H groups in total. The van der Waals surface area contributed by atoms with Crippen LogP contribution in [0.1, 0.15) is 23.6 Å². The van der Waals surface area contributed by atoms with E-state index < -0.39 is 0 Å². The number of ether oxygens (including phenoxy) is 1. The minimum atomic E-state index is 0.0181. The van der Waals surface area contributed by atoms with Crippen LogP contribution in [0, 0.1) is 0 Å². The third-order valence-electron chi connectivity index (χ3n) is 5.30. The SMILES string of the molecule is CCc1c(-c2ccccc2)oc2c(CNCc3ccccc3)c(OC)ccc2c1=O. The zero-order valence-electron chi connectivity index (χ0n) is 17.3. The Morgan fingerprint density at radius 3 is 2.23 bits per heavy atom. The molecule has 1 aromatic heterocycles. The average Bonchev–Trinajstić information content (AvgIpc) is 2.80. The van der Waals surface area contributed by atoms with Crippen LogP contribution in [0.2, 0.25) is 0 Å². The summed E-state index contributed by atoms with van der Waals surface area (Å²) in [5.41, 5.74) is 4.24. The summed E-state index contributed by atoms with van der Waals surface area (Å²) in [7, 11) is 1.64. The van der Waals surface area contributed by atoms with Crippen molar-refractivity contribution in [1.82, 2.24) is 5.32 Å². The minimum absolute atomic E-state index is 0.0181. The van der Waals surface area contributed by atoms with Gasteiger partial charge in [-0.2, -0.15) is 0 Å². The molecule has 0 aliphatic rings. The van der Waals surface area contributed by atoms with Crippen molar-refractivity contribution in [2.24, 2.45) is 0 Å². The summed E-state index contributed by atoms with van der Waals surface area (Å²) >= 11 is 0. The van der Waals surface area contributed by atoms with Crippen LogP contribution in [0.5, 0.6) is 5.75 Å². The van der Waals surface area contributed by atoms with Gasteiger partial charge in [0.25, 0.3) is 0 Å². The molecule has 0 unspecified atom stereocenters. The van der Waals surface area contributed by atoms with E-state index in [2.05, 4.69) is 17.4 Å². The molecule has 1 heterocycles. The fourth-order valence-corrected chi connectivity index (χ4v) is 3.76. The summed E-state index contributed by atoms with van der Waals surface area (Å²) in [6.45, 7) is 3.22. The van der Waals surface area contributed by atoms with Gasteiger partial charge in [-0.25, -0.2) is 0 Å². The highest BCUT2D eigenvalue weighted by molar-refractivity contribution is 5.85. The monoisotopic (exact) mass is 399 g/mol. The first-order chi connectivity index (χ1) is 14.7. The number of fused-ring (bicyclic) bond motifs is 1. The number of benzene rings is 3. The molecular weight excluding hydrogens is 374 g/mol. The largest absolute Gasteiger partial charge is 0.496 e. The van der Waals surface area contributed by atoms with Crippen LogP contribution in [-0.2, 0) is 19.5 Å². The standard InChI is InChI=1S/C26H25NO3/c1-3-20-24(28)21-14-15-23(29-2)22(17-27-16-18-10-6-4-7-11-18)26(21)30-25(20)19-12-8-5-9-13-19/h4-15,27H,3,16-17H2,1-2H3. The Labute approximate surface area is 176 Å². The summed E-state index contributed by atoms with van der Waals surface area (Å²) < 4.78 is 12.0. The Balaban J connectivity index is 1.81. The molecule has 0 saturated heterocycles. The van der Waals surface area contributed by atoms with Crippen molar-refractivity contribution in [2.45, 2.75) is 26.4 Å². The van der Waals surface area contributed by atoms with E-state index in [1.807, 2.05) is 61.5 Å². The highest BCUT2D eigenvalue weighted by atomic mass is 16.5. The molecule has 0 amide bonds. The van der Waals surface area contributed by atoms with E-state index in [1.54, 1.807) is 13.2 Å². The maximum Gasteiger partial charge on any atom is 0.196 e. The first kappa shape index (κ1) is 19.9. The maximum absolute atomic E-state index is 13.3. The molecule has 152 valence electrons. The normalized spacial score (nSPS) is 11.0. The van der Waals surface area contributed by atoms with Gasteiger partial charge in [0.2, 0.25) is 0 Å². The zero-order valence-corrected chi connectivity index (χ0v) is 17.3. The van der Waals surface area contributed by atoms with Gasteiger partial charge >= 0.3 is 0 Å². The van der Waals surface area contributed by atoms with Crippen molar-refractivity contribution in [3.63, 3.8) is 0 Å². The quantitative estimate of drug-likeness (QED) is 0.457. The van der Waals surface area contributed by atoms with Gasteiger partial charge < -0.3 is 14.5 Å². The molecule has 4 rings (SSSR count). The van der Waals surface area contributed by atoms with Gasteiger partial charge in [0.15, 0.2) is 5.43 Å². The van der Waals surface area contributed by atoms with E-state index >= 15 is 0 Å². The van der Waals surface area contributed by atoms with Crippen LogP contribution in [-0.4, -0.2) is 7.11 Å². The summed E-state index contributed by atoms with van der Waals surface area (Å²) in [6.07, 6.45) is 0.607. The van der Waals surface area contributed by atoms with E-state index in [0.29, 0.717) is 47.6 Å². The molecular formula is C26H25NO3. The molecule has 4 aromatic rings. The summed E-state index contributed by atoms with van der Waals surface area (Å²) in [5, 5.41) is 4.04. The van der Waals surface area contributed by atoms with Crippen molar-refractivity contribution in [3.8, 4) is 17.1 Å². The van der Waals surface area contributed by atoms with Crippen LogP contribution in [0.4, 0.5) is 0 Å². The summed E-state index contributed by atoms with van der Waals surface area (Å²) in [6, 6.07) is 23.6. The number of hydrogen-bond donors (Lipinski definition) is 1. The van der Waals surface area contributed by atoms with Gasteiger partial charge in [0.05, 0.1) is 18.1 Å². The van der Waals surface area contributed by atoms with Crippen LogP contribution < -0.4 is 15.5 Å². The Kier molecular flexibility index (Phi) is 5.96. The zero-order chi connectivity index (χ0) is 20.9. The molecule has 30 heavy (non-hydrogen) atoms. The van der Waals surface area contributed by atoms with E-state index in [4.69, 9.17) is 9.15 Å². The second kappa shape index (κ2) is 8.97. The highest BCUT2D eigenvalue weighted by Gasteiger charge is 2.19. The molecule has 0 spiro atoms. The smallest absolute Gasteiger partial charge is 0.196 e. The summed E-state index contributed by atoms with van der Waals surface area (Å²) in [4.78, 5) is 13.3. The highest BCUT2D eigenvalue weighted by Crippen LogP contribution is 2.32. The second-order valence-corrected chi connectivity index (χ2v) is 7.17. The Morgan fingerprint density at radius 1 is 0.867 bits per heavy atom. The fourth-order valence-electron chi connectivity index (χ4n) is 3.76. The molecule has 0 radical (unpaired) electrons. The van der Waals surface area contributed by atoms with Crippen LogP contribution in [0.3, 0.4) is 0 Å². The van der Waals surface area contributed by atoms with Crippen LogP contribution in [0.15, 0.2) is 82.0 Å². The number of hydrogen-bond acceptors (Lipinski definition) is 4. The molecule has 0 bridgehead atoms. The molecule has 0 aliphatic heterocycles. The number of rotatable bonds is 7. The van der Waals surface area contributed by atoms with Gasteiger partial charge in [-0.05, 0) is 24.1 Å². The average molecular weight is 399 g/mol. The van der Waals surface area contributed by atoms with E-state index in [1.165, 1.54) is 5.56 Å². The Morgan fingerprint density at radius 2 is 1.57 bits per heavy atom. The molecule has 3 aromatic carbocycles. The van der Waals surface area contributed by atoms with Gasteiger partial charge in [-0.1, -0.05) is 67.6 Å². The van der Waals surface area contributed by atoms with Crippen molar-refractivity contribution in [3.05, 3.63) is 99.7 Å². The molecule has 0 fully saturated rings. The third kappa shape index (κ3) is 3.87. The predicted octanol–water partition coefficient (Wildman–Crippen LogP) is 5.32. The molecule has 0 atom stereocenters. The fraction of sp³-hybridized carbons (Fsp3) is 0.192. The van der Waals surface area contributed by atoms with Gasteiger partial charge in [0, 0.05) is 24.2 Å². The molecule has 4 nitrogen and oxygen atoms in total. The topological polar surface area (TPSA) is 51.5 Å². The van der Waals surface area contributed by atoms with Crippen molar-refractivity contribution in [2.75, 3.05) is 7.11 Å². The van der Waals surface area contributed by atoms with Gasteiger partial charge in [-0.15, -0.1) is 0 Å². The maximum atomic E-state index is 13.3. The van der Waals surface area contributed by atoms with Crippen molar-refractivity contribution in [1.29, 1.82) is 0 Å². The number of nitrogens with one attached hydrogen (secondary N) is 1. The first-order valence-corrected chi connectivity index (χ1v) is 10.2. The van der Waals surface area contributed by atoms with E-state index in [0.717, 1.165) is 11.1 Å². The third-order valence-corrected chi connectivity index (χ3v) is 5.30. The molecule has 0 saturated carbocycles. The van der Waals surface area contributed by atoms with Crippen LogP contribution in [0.25, 0.3) is 22.3 Å². The van der Waals surface area contributed by atoms with Crippen molar-refractivity contribution < 1.29 is 9.15 Å². The Hall–Kier alpha value is -3.37. The lowest BCUT2D eigenvalue weighted by Crippen LogP contribution is -2.16. The lowest BCUT2D eigenvalue weighted by Gasteiger charge is -2.15. The van der Waals surface area contributed by atoms with Gasteiger partial charge in [0.1, 0.15) is 17.1 Å². The van der Waals surface area contributed by atoms with Gasteiger partial charge in [-0.3, -0.25) is 4.79 Å². The lowest BCUT2D eigenvalue weighted by atomic mass is 10.0. The predicted molar refractivity (Wildman–Crippen MR) is 121 cm³/mol. The molecule has 0 aliphatic carbocycles.